The van der Waals surface area contributed by atoms with Gasteiger partial charge in [0.15, 0.2) is 0 Å². The summed E-state index contributed by atoms with van der Waals surface area (Å²) in [5.41, 5.74) is 1.64. The molecular weight excluding hydrogens is 295 g/mol. The Hall–Kier alpha value is -1.07. The third kappa shape index (κ3) is 2.20. The second kappa shape index (κ2) is 4.43. The average molecular weight is 304 g/mol. The Morgan fingerprint density at radius 1 is 1.56 bits per heavy atom. The van der Waals surface area contributed by atoms with Crippen molar-refractivity contribution in [2.75, 3.05) is 6.54 Å². The molecule has 1 aromatic rings. The van der Waals surface area contributed by atoms with Crippen molar-refractivity contribution < 1.29 is 9.90 Å². The van der Waals surface area contributed by atoms with Gasteiger partial charge in [-0.1, -0.05) is 33.6 Å². The van der Waals surface area contributed by atoms with Crippen LogP contribution in [0.4, 0.5) is 4.79 Å². The molecule has 1 heterocycles. The molecule has 4 nitrogen and oxygen atoms in total. The molecule has 0 bridgehead atoms. The minimum Gasteiger partial charge on any atom is -0.464 e. The van der Waals surface area contributed by atoms with E-state index in [1.807, 2.05) is 6.07 Å². The van der Waals surface area contributed by atoms with E-state index in [0.29, 0.717) is 18.0 Å². The molecule has 1 aliphatic heterocycles. The average Bonchev–Trinajstić information content (AvgIpc) is 2.66. The third-order valence-corrected chi connectivity index (χ3v) is 3.16. The molecule has 1 N–H and O–H groups in total. The fourth-order valence-corrected chi connectivity index (χ4v) is 2.42. The maximum Gasteiger partial charge on any atom is 0.427 e. The van der Waals surface area contributed by atoms with Crippen molar-refractivity contribution in [1.82, 2.24) is 5.01 Å². The largest absolute Gasteiger partial charge is 0.464 e. The predicted octanol–water partition coefficient (Wildman–Crippen LogP) is 3.19. The fraction of sp³-hybridized carbons (Fsp3) is 0.200. The number of hydrazone groups is 1. The molecule has 0 spiro atoms. The van der Waals surface area contributed by atoms with E-state index in [9.17, 15) is 4.79 Å². The summed E-state index contributed by atoms with van der Waals surface area (Å²) in [6.45, 7) is 0.403. The number of halogens is 2. The van der Waals surface area contributed by atoms with Crippen LogP contribution in [0.25, 0.3) is 0 Å². The fourth-order valence-electron chi connectivity index (χ4n) is 1.51. The Balaban J connectivity index is 2.32. The molecule has 84 valence electrons. The van der Waals surface area contributed by atoms with Gasteiger partial charge < -0.3 is 5.11 Å². The number of carbonyl (C=O) groups is 1. The lowest BCUT2D eigenvalue weighted by Gasteiger charge is -2.04. The first kappa shape index (κ1) is 11.4. The molecule has 0 fully saturated rings. The van der Waals surface area contributed by atoms with Crippen molar-refractivity contribution in [3.63, 3.8) is 0 Å². The number of carboxylic acid groups (broad SMARTS) is 1. The number of benzene rings is 1. The van der Waals surface area contributed by atoms with Gasteiger partial charge in [0.1, 0.15) is 0 Å². The minimum atomic E-state index is -1.03. The molecule has 0 radical (unpaired) electrons. The number of rotatable bonds is 1. The zero-order chi connectivity index (χ0) is 11.7. The van der Waals surface area contributed by atoms with Gasteiger partial charge in [-0.3, -0.25) is 0 Å². The Kier molecular flexibility index (Phi) is 3.16. The van der Waals surface area contributed by atoms with E-state index in [4.69, 9.17) is 16.7 Å². The van der Waals surface area contributed by atoms with Crippen molar-refractivity contribution in [2.45, 2.75) is 6.42 Å². The number of hydrogen-bond donors (Lipinski definition) is 1. The molecule has 6 heteroatoms. The molecule has 0 unspecified atom stereocenters. The maximum absolute atomic E-state index is 10.7. The van der Waals surface area contributed by atoms with Crippen LogP contribution in [0.2, 0.25) is 5.02 Å². The van der Waals surface area contributed by atoms with Crippen LogP contribution in [0.3, 0.4) is 0 Å². The van der Waals surface area contributed by atoms with E-state index >= 15 is 0 Å². The summed E-state index contributed by atoms with van der Waals surface area (Å²) < 4.78 is 0.825. The smallest absolute Gasteiger partial charge is 0.427 e. The van der Waals surface area contributed by atoms with E-state index in [-0.39, 0.29) is 0 Å². The second-order valence-corrected chi connectivity index (χ2v) is 4.62. The molecule has 16 heavy (non-hydrogen) atoms. The van der Waals surface area contributed by atoms with Gasteiger partial charge in [-0.25, -0.2) is 4.79 Å². The van der Waals surface area contributed by atoms with Crippen molar-refractivity contribution in [1.29, 1.82) is 0 Å². The van der Waals surface area contributed by atoms with Crippen molar-refractivity contribution in [3.05, 3.63) is 33.3 Å². The molecule has 1 aromatic carbocycles. The van der Waals surface area contributed by atoms with Crippen LogP contribution in [0.15, 0.2) is 27.8 Å². The van der Waals surface area contributed by atoms with Crippen molar-refractivity contribution >= 4 is 39.3 Å². The van der Waals surface area contributed by atoms with Gasteiger partial charge in [-0.15, -0.1) is 0 Å². The van der Waals surface area contributed by atoms with Gasteiger partial charge in [-0.2, -0.15) is 10.1 Å². The van der Waals surface area contributed by atoms with E-state index < -0.39 is 6.09 Å². The van der Waals surface area contributed by atoms with Crippen LogP contribution in [-0.4, -0.2) is 28.5 Å². The van der Waals surface area contributed by atoms with Crippen LogP contribution < -0.4 is 0 Å². The summed E-state index contributed by atoms with van der Waals surface area (Å²) in [4.78, 5) is 10.7. The lowest BCUT2D eigenvalue weighted by molar-refractivity contribution is 0.152. The lowest BCUT2D eigenvalue weighted by atomic mass is 10.1. The number of nitrogens with zero attached hydrogens (tertiary/aromatic N) is 2. The van der Waals surface area contributed by atoms with Gasteiger partial charge in [0.25, 0.3) is 0 Å². The maximum atomic E-state index is 10.7. The van der Waals surface area contributed by atoms with Gasteiger partial charge >= 0.3 is 6.09 Å². The normalized spacial score (nSPS) is 15.1. The Morgan fingerprint density at radius 2 is 2.31 bits per heavy atom. The third-order valence-electron chi connectivity index (χ3n) is 2.26. The standard InChI is InChI=1S/C10H8BrClN2O2/c11-8-5-6(12)1-2-7(8)9-3-4-14(13-9)10(15)16/h1-2,5H,3-4H2,(H,15,16). The monoisotopic (exact) mass is 302 g/mol. The molecule has 1 amide bonds. The summed E-state index contributed by atoms with van der Waals surface area (Å²) in [6, 6.07) is 5.35. The molecule has 2 rings (SSSR count). The van der Waals surface area contributed by atoms with Crippen LogP contribution in [0, 0.1) is 0 Å². The molecule has 0 saturated carbocycles. The van der Waals surface area contributed by atoms with Crippen LogP contribution >= 0.6 is 27.5 Å². The zero-order valence-corrected chi connectivity index (χ0v) is 10.5. The lowest BCUT2D eigenvalue weighted by Crippen LogP contribution is -2.20. The second-order valence-electron chi connectivity index (χ2n) is 3.33. The number of amides is 1. The minimum absolute atomic E-state index is 0.403. The van der Waals surface area contributed by atoms with E-state index in [1.165, 1.54) is 0 Å². The van der Waals surface area contributed by atoms with Gasteiger partial charge in [0.05, 0.1) is 12.3 Å². The SMILES string of the molecule is O=C(O)N1CCC(c2ccc(Cl)cc2Br)=N1. The highest BCUT2D eigenvalue weighted by Crippen LogP contribution is 2.25. The van der Waals surface area contributed by atoms with Gasteiger partial charge in [0.2, 0.25) is 0 Å². The molecular formula is C10H8BrClN2O2. The highest BCUT2D eigenvalue weighted by molar-refractivity contribution is 9.10. The van der Waals surface area contributed by atoms with Crippen LogP contribution in [-0.2, 0) is 0 Å². The van der Waals surface area contributed by atoms with Gasteiger partial charge in [0, 0.05) is 21.5 Å². The predicted molar refractivity (Wildman–Crippen MR) is 65.0 cm³/mol. The van der Waals surface area contributed by atoms with E-state index in [0.717, 1.165) is 20.8 Å². The Morgan fingerprint density at radius 3 is 2.88 bits per heavy atom. The molecule has 0 saturated heterocycles. The first-order valence-corrected chi connectivity index (χ1v) is 5.78. The molecule has 0 aromatic heterocycles. The van der Waals surface area contributed by atoms with Gasteiger partial charge in [-0.05, 0) is 12.1 Å². The summed E-state index contributed by atoms with van der Waals surface area (Å²) in [6.07, 6.45) is -0.410. The molecule has 0 atom stereocenters. The van der Waals surface area contributed by atoms with E-state index in [1.54, 1.807) is 12.1 Å². The quantitative estimate of drug-likeness (QED) is 0.866. The first-order valence-electron chi connectivity index (χ1n) is 4.61. The summed E-state index contributed by atoms with van der Waals surface area (Å²) in [5.74, 6) is 0. The summed E-state index contributed by atoms with van der Waals surface area (Å²) in [7, 11) is 0. The first-order chi connectivity index (χ1) is 7.58. The Labute approximate surface area is 106 Å². The zero-order valence-electron chi connectivity index (χ0n) is 8.15. The topological polar surface area (TPSA) is 52.9 Å². The van der Waals surface area contributed by atoms with Crippen LogP contribution in [0.1, 0.15) is 12.0 Å². The van der Waals surface area contributed by atoms with Crippen molar-refractivity contribution in [2.24, 2.45) is 5.10 Å². The summed E-state index contributed by atoms with van der Waals surface area (Å²) in [5, 5.41) is 14.5. The Bertz CT molecular complexity index is 476. The van der Waals surface area contributed by atoms with Crippen molar-refractivity contribution in [3.8, 4) is 0 Å². The highest BCUT2D eigenvalue weighted by Gasteiger charge is 2.21. The highest BCUT2D eigenvalue weighted by atomic mass is 79.9. The number of hydrogen-bond acceptors (Lipinski definition) is 2. The van der Waals surface area contributed by atoms with Crippen LogP contribution in [0.5, 0.6) is 0 Å². The van der Waals surface area contributed by atoms with E-state index in [2.05, 4.69) is 21.0 Å². The molecule has 1 aliphatic rings. The molecule has 0 aliphatic carbocycles. The summed E-state index contributed by atoms with van der Waals surface area (Å²) >= 11 is 9.21.